The van der Waals surface area contributed by atoms with Crippen LogP contribution in [0.2, 0.25) is 0 Å². The molecule has 3 heterocycles. The summed E-state index contributed by atoms with van der Waals surface area (Å²) in [7, 11) is 0. The zero-order chi connectivity index (χ0) is 19.6. The molecule has 1 saturated heterocycles. The third-order valence-electron chi connectivity index (χ3n) is 6.07. The predicted octanol–water partition coefficient (Wildman–Crippen LogP) is 3.81. The van der Waals surface area contributed by atoms with Crippen molar-refractivity contribution in [3.05, 3.63) is 56.7 Å². The number of benzene rings is 1. The number of rotatable bonds is 4. The first kappa shape index (κ1) is 18.8. The Morgan fingerprint density at radius 3 is 2.66 bits per heavy atom. The molecule has 0 bridgehead atoms. The summed E-state index contributed by atoms with van der Waals surface area (Å²) in [5.74, 6) is 0.818. The molecule has 0 amide bonds. The van der Waals surface area contributed by atoms with Crippen molar-refractivity contribution in [2.24, 2.45) is 0 Å². The number of nitrogens with zero attached hydrogens (tertiary/aromatic N) is 3. The van der Waals surface area contributed by atoms with Crippen LogP contribution < -0.4 is 10.5 Å². The minimum absolute atomic E-state index is 0.145. The molecule has 0 spiro atoms. The minimum Gasteiger partial charge on any atom is -0.378 e. The van der Waals surface area contributed by atoms with E-state index in [1.54, 1.807) is 11.3 Å². The first-order valence-corrected chi connectivity index (χ1v) is 11.5. The van der Waals surface area contributed by atoms with E-state index in [0.717, 1.165) is 48.5 Å². The van der Waals surface area contributed by atoms with E-state index in [-0.39, 0.29) is 5.56 Å². The molecule has 2 aromatic heterocycles. The van der Waals surface area contributed by atoms with E-state index in [9.17, 15) is 4.79 Å². The van der Waals surface area contributed by atoms with Crippen molar-refractivity contribution >= 4 is 27.5 Å². The molecule has 5 nitrogen and oxygen atoms in total. The van der Waals surface area contributed by atoms with Crippen LogP contribution in [0, 0.1) is 0 Å². The second-order valence-electron chi connectivity index (χ2n) is 7.95. The molecule has 5 rings (SSSR count). The zero-order valence-electron chi connectivity index (χ0n) is 16.7. The van der Waals surface area contributed by atoms with E-state index < -0.39 is 0 Å². The van der Waals surface area contributed by atoms with Gasteiger partial charge < -0.3 is 9.64 Å². The summed E-state index contributed by atoms with van der Waals surface area (Å²) >= 11 is 1.75. The normalized spacial score (nSPS) is 17.3. The second-order valence-corrected chi connectivity index (χ2v) is 9.03. The van der Waals surface area contributed by atoms with Crippen molar-refractivity contribution in [3.63, 3.8) is 0 Å². The number of hydrogen-bond donors (Lipinski definition) is 0. The van der Waals surface area contributed by atoms with Crippen molar-refractivity contribution in [2.75, 3.05) is 31.2 Å². The lowest BCUT2D eigenvalue weighted by atomic mass is 10.1. The molecule has 1 aliphatic heterocycles. The third kappa shape index (κ3) is 3.71. The quantitative estimate of drug-likeness (QED) is 0.615. The summed E-state index contributed by atoms with van der Waals surface area (Å²) in [6.07, 6.45) is 6.59. The molecule has 1 aliphatic carbocycles. The Balaban J connectivity index is 1.61. The van der Waals surface area contributed by atoms with E-state index >= 15 is 0 Å². The van der Waals surface area contributed by atoms with Crippen LogP contribution in [0.4, 0.5) is 5.95 Å². The van der Waals surface area contributed by atoms with Gasteiger partial charge in [-0.15, -0.1) is 11.3 Å². The number of aromatic nitrogens is 2. The molecule has 0 N–H and O–H groups in total. The molecule has 3 aromatic rings. The number of anilines is 1. The fraction of sp³-hybridized carbons (Fsp3) is 0.478. The van der Waals surface area contributed by atoms with Gasteiger partial charge in [0.15, 0.2) is 0 Å². The predicted molar refractivity (Wildman–Crippen MR) is 118 cm³/mol. The van der Waals surface area contributed by atoms with E-state index in [1.165, 1.54) is 35.3 Å². The topological polar surface area (TPSA) is 47.4 Å². The highest BCUT2D eigenvalue weighted by molar-refractivity contribution is 7.18. The van der Waals surface area contributed by atoms with Crippen molar-refractivity contribution in [1.29, 1.82) is 0 Å². The molecule has 29 heavy (non-hydrogen) atoms. The van der Waals surface area contributed by atoms with Gasteiger partial charge in [-0.1, -0.05) is 36.8 Å². The van der Waals surface area contributed by atoms with Gasteiger partial charge in [-0.2, -0.15) is 0 Å². The molecule has 1 fully saturated rings. The number of aryl methyl sites for hydroxylation is 3. The van der Waals surface area contributed by atoms with Gasteiger partial charge in [-0.05, 0) is 43.2 Å². The number of fused-ring (bicyclic) bond motifs is 3. The SMILES string of the molecule is O=c1c2c3c(sc2nc(N2CCOCC2)n1CCc1ccccc1)CCCCC3. The standard InChI is InChI=1S/C23H27N3O2S/c27-22-20-18-9-5-2-6-10-19(18)29-21(20)24-23(25-13-15-28-16-14-25)26(22)12-11-17-7-3-1-4-8-17/h1,3-4,7-8H,2,5-6,9-16H2. The highest BCUT2D eigenvalue weighted by Crippen LogP contribution is 2.34. The van der Waals surface area contributed by atoms with E-state index in [0.29, 0.717) is 19.8 Å². The van der Waals surface area contributed by atoms with Crippen molar-refractivity contribution in [2.45, 2.75) is 45.1 Å². The third-order valence-corrected chi connectivity index (χ3v) is 7.25. The monoisotopic (exact) mass is 409 g/mol. The second kappa shape index (κ2) is 8.28. The van der Waals surface area contributed by atoms with Crippen LogP contribution in [0.15, 0.2) is 35.1 Å². The van der Waals surface area contributed by atoms with Gasteiger partial charge >= 0.3 is 0 Å². The number of thiophene rings is 1. The summed E-state index contributed by atoms with van der Waals surface area (Å²) in [6, 6.07) is 10.4. The highest BCUT2D eigenvalue weighted by Gasteiger charge is 2.24. The number of morpholine rings is 1. The smallest absolute Gasteiger partial charge is 0.263 e. The molecule has 0 atom stereocenters. The van der Waals surface area contributed by atoms with Gasteiger partial charge in [0.05, 0.1) is 18.6 Å². The van der Waals surface area contributed by atoms with Gasteiger partial charge in [0.2, 0.25) is 5.95 Å². The van der Waals surface area contributed by atoms with Gasteiger partial charge in [0, 0.05) is 24.5 Å². The Bertz CT molecular complexity index is 1050. The van der Waals surface area contributed by atoms with Crippen molar-refractivity contribution in [1.82, 2.24) is 9.55 Å². The first-order chi connectivity index (χ1) is 14.3. The molecular weight excluding hydrogens is 382 g/mol. The summed E-state index contributed by atoms with van der Waals surface area (Å²) in [4.78, 5) is 23.3. The average molecular weight is 410 g/mol. The highest BCUT2D eigenvalue weighted by atomic mass is 32.1. The maximum absolute atomic E-state index is 13.7. The van der Waals surface area contributed by atoms with Crippen LogP contribution in [-0.2, 0) is 30.5 Å². The Kier molecular flexibility index (Phi) is 5.38. The molecular formula is C23H27N3O2S. The molecule has 1 aromatic carbocycles. The first-order valence-electron chi connectivity index (χ1n) is 10.7. The lowest BCUT2D eigenvalue weighted by molar-refractivity contribution is 0.121. The summed E-state index contributed by atoms with van der Waals surface area (Å²) in [6.45, 7) is 3.60. The van der Waals surface area contributed by atoms with E-state index in [2.05, 4.69) is 29.2 Å². The van der Waals surface area contributed by atoms with Crippen LogP contribution in [-0.4, -0.2) is 35.9 Å². The maximum atomic E-state index is 13.7. The van der Waals surface area contributed by atoms with Crippen LogP contribution in [0.1, 0.15) is 35.3 Å². The summed E-state index contributed by atoms with van der Waals surface area (Å²) in [5.41, 5.74) is 2.67. The molecule has 152 valence electrons. The minimum atomic E-state index is 0.145. The number of hydrogen-bond acceptors (Lipinski definition) is 5. The Hall–Kier alpha value is -2.18. The largest absolute Gasteiger partial charge is 0.378 e. The van der Waals surface area contributed by atoms with Crippen LogP contribution in [0.3, 0.4) is 0 Å². The Labute approximate surface area is 174 Å². The van der Waals surface area contributed by atoms with E-state index in [4.69, 9.17) is 9.72 Å². The maximum Gasteiger partial charge on any atom is 0.263 e. The molecule has 6 heteroatoms. The van der Waals surface area contributed by atoms with Gasteiger partial charge in [0.25, 0.3) is 5.56 Å². The average Bonchev–Trinajstić information content (AvgIpc) is 2.95. The van der Waals surface area contributed by atoms with Crippen molar-refractivity contribution in [3.8, 4) is 0 Å². The molecule has 2 aliphatic rings. The van der Waals surface area contributed by atoms with E-state index in [1.807, 2.05) is 10.6 Å². The lowest BCUT2D eigenvalue weighted by Crippen LogP contribution is -2.41. The van der Waals surface area contributed by atoms with Gasteiger partial charge in [-0.25, -0.2) is 4.98 Å². The Morgan fingerprint density at radius 1 is 1.03 bits per heavy atom. The molecule has 0 saturated carbocycles. The fourth-order valence-corrected chi connectivity index (χ4v) is 5.74. The fourth-order valence-electron chi connectivity index (χ4n) is 4.50. The van der Waals surface area contributed by atoms with Gasteiger partial charge in [-0.3, -0.25) is 9.36 Å². The summed E-state index contributed by atoms with van der Waals surface area (Å²) in [5, 5.41) is 0.886. The van der Waals surface area contributed by atoms with Crippen molar-refractivity contribution < 1.29 is 4.74 Å². The van der Waals surface area contributed by atoms with Crippen LogP contribution in [0.5, 0.6) is 0 Å². The Morgan fingerprint density at radius 2 is 1.83 bits per heavy atom. The molecule has 0 unspecified atom stereocenters. The van der Waals surface area contributed by atoms with Gasteiger partial charge in [0.1, 0.15) is 4.83 Å². The number of ether oxygens (including phenoxy) is 1. The van der Waals surface area contributed by atoms with Crippen LogP contribution >= 0.6 is 11.3 Å². The molecule has 0 radical (unpaired) electrons. The summed E-state index contributed by atoms with van der Waals surface area (Å²) < 4.78 is 7.46. The lowest BCUT2D eigenvalue weighted by Gasteiger charge is -2.29. The zero-order valence-corrected chi connectivity index (χ0v) is 17.5. The van der Waals surface area contributed by atoms with Crippen LogP contribution in [0.25, 0.3) is 10.2 Å².